The first-order valence-corrected chi connectivity index (χ1v) is 10.5. The predicted octanol–water partition coefficient (Wildman–Crippen LogP) is 5.83. The van der Waals surface area contributed by atoms with Gasteiger partial charge in [0.15, 0.2) is 5.65 Å². The van der Waals surface area contributed by atoms with Crippen molar-refractivity contribution in [3.8, 4) is 17.0 Å². The first-order valence-electron chi connectivity index (χ1n) is 10.5. The van der Waals surface area contributed by atoms with Gasteiger partial charge in [0.1, 0.15) is 17.0 Å². The molecule has 0 aliphatic heterocycles. The van der Waals surface area contributed by atoms with Gasteiger partial charge in [-0.05, 0) is 37.1 Å². The number of aromatic amines is 1. The summed E-state index contributed by atoms with van der Waals surface area (Å²) in [6, 6.07) is 8.35. The number of H-pyrrole nitrogens is 1. The molecule has 0 saturated heterocycles. The summed E-state index contributed by atoms with van der Waals surface area (Å²) in [4.78, 5) is 16.8. The SMILES string of the molecule is CC.CC.COc1ccc(-c2nc(NC3CCCCC3)nc3nc[nH]c23)cc1. The van der Waals surface area contributed by atoms with Crippen LogP contribution < -0.4 is 10.1 Å². The van der Waals surface area contributed by atoms with Gasteiger partial charge in [0.05, 0.1) is 13.4 Å². The van der Waals surface area contributed by atoms with Crippen LogP contribution in [0, 0.1) is 0 Å². The molecule has 4 rings (SSSR count). The Morgan fingerprint density at radius 3 is 2.29 bits per heavy atom. The molecule has 1 fully saturated rings. The number of nitrogens with zero attached hydrogens (tertiary/aromatic N) is 3. The molecule has 0 atom stereocenters. The van der Waals surface area contributed by atoms with Gasteiger partial charge in [-0.3, -0.25) is 0 Å². The fourth-order valence-electron chi connectivity index (χ4n) is 3.29. The lowest BCUT2D eigenvalue weighted by Gasteiger charge is -2.22. The first kappa shape index (κ1) is 21.7. The number of benzene rings is 1. The van der Waals surface area contributed by atoms with E-state index >= 15 is 0 Å². The van der Waals surface area contributed by atoms with Gasteiger partial charge in [-0.2, -0.15) is 4.98 Å². The normalized spacial score (nSPS) is 13.8. The van der Waals surface area contributed by atoms with Crippen molar-refractivity contribution in [2.45, 2.75) is 65.8 Å². The minimum absolute atomic E-state index is 0.457. The van der Waals surface area contributed by atoms with Crippen LogP contribution in [0.2, 0.25) is 0 Å². The predicted molar refractivity (Wildman–Crippen MR) is 117 cm³/mol. The van der Waals surface area contributed by atoms with E-state index in [2.05, 4.69) is 20.3 Å². The van der Waals surface area contributed by atoms with E-state index in [9.17, 15) is 0 Å². The monoisotopic (exact) mass is 383 g/mol. The van der Waals surface area contributed by atoms with Crippen LogP contribution in [0.5, 0.6) is 5.75 Å². The molecule has 28 heavy (non-hydrogen) atoms. The lowest BCUT2D eigenvalue weighted by atomic mass is 9.96. The number of imidazole rings is 1. The highest BCUT2D eigenvalue weighted by molar-refractivity contribution is 5.88. The zero-order valence-corrected chi connectivity index (χ0v) is 17.7. The van der Waals surface area contributed by atoms with Crippen LogP contribution in [-0.2, 0) is 0 Å². The van der Waals surface area contributed by atoms with Crippen molar-refractivity contribution >= 4 is 17.1 Å². The second-order valence-corrected chi connectivity index (χ2v) is 6.20. The van der Waals surface area contributed by atoms with Gasteiger partial charge < -0.3 is 15.0 Å². The molecule has 0 amide bonds. The number of rotatable bonds is 4. The third-order valence-electron chi connectivity index (χ3n) is 4.59. The van der Waals surface area contributed by atoms with E-state index in [1.165, 1.54) is 32.1 Å². The molecule has 3 aromatic rings. The third-order valence-corrected chi connectivity index (χ3v) is 4.59. The molecule has 1 saturated carbocycles. The maximum atomic E-state index is 5.24. The molecule has 6 heteroatoms. The van der Waals surface area contributed by atoms with Crippen LogP contribution in [0.4, 0.5) is 5.95 Å². The van der Waals surface area contributed by atoms with Crippen molar-refractivity contribution in [2.24, 2.45) is 0 Å². The molecule has 0 radical (unpaired) electrons. The highest BCUT2D eigenvalue weighted by Crippen LogP contribution is 2.28. The van der Waals surface area contributed by atoms with Crippen molar-refractivity contribution in [1.82, 2.24) is 19.9 Å². The van der Waals surface area contributed by atoms with Gasteiger partial charge in [-0.25, -0.2) is 9.97 Å². The summed E-state index contributed by atoms with van der Waals surface area (Å²) in [5.41, 5.74) is 3.42. The Morgan fingerprint density at radius 2 is 1.64 bits per heavy atom. The molecular formula is C22H33N5O. The summed E-state index contributed by atoms with van der Waals surface area (Å²) < 4.78 is 5.24. The molecule has 0 spiro atoms. The summed E-state index contributed by atoms with van der Waals surface area (Å²) in [5.74, 6) is 1.49. The lowest BCUT2D eigenvalue weighted by molar-refractivity contribution is 0.415. The van der Waals surface area contributed by atoms with Crippen LogP contribution in [0.3, 0.4) is 0 Å². The molecule has 6 nitrogen and oxygen atoms in total. The summed E-state index contributed by atoms with van der Waals surface area (Å²) in [6.45, 7) is 8.00. The average molecular weight is 384 g/mol. The van der Waals surface area contributed by atoms with E-state index in [0.717, 1.165) is 22.5 Å². The number of fused-ring (bicyclic) bond motifs is 1. The number of hydrogen-bond donors (Lipinski definition) is 2. The molecule has 1 aliphatic carbocycles. The van der Waals surface area contributed by atoms with Crippen LogP contribution in [0.25, 0.3) is 22.4 Å². The molecule has 2 N–H and O–H groups in total. The molecule has 2 heterocycles. The second kappa shape index (κ2) is 11.3. The fraction of sp³-hybridized carbons (Fsp3) is 0.500. The molecule has 1 aromatic carbocycles. The van der Waals surface area contributed by atoms with Crippen molar-refractivity contribution in [1.29, 1.82) is 0 Å². The fourth-order valence-corrected chi connectivity index (χ4v) is 3.29. The van der Waals surface area contributed by atoms with Crippen LogP contribution in [0.15, 0.2) is 30.6 Å². The average Bonchev–Trinajstić information content (AvgIpc) is 3.25. The van der Waals surface area contributed by atoms with E-state index in [1.54, 1.807) is 13.4 Å². The second-order valence-electron chi connectivity index (χ2n) is 6.20. The Bertz CT molecular complexity index is 823. The number of anilines is 1. The molecule has 152 valence electrons. The minimum Gasteiger partial charge on any atom is -0.497 e. The van der Waals surface area contributed by atoms with E-state index in [1.807, 2.05) is 52.0 Å². The Morgan fingerprint density at radius 1 is 0.964 bits per heavy atom. The lowest BCUT2D eigenvalue weighted by Crippen LogP contribution is -2.23. The molecular weight excluding hydrogens is 350 g/mol. The zero-order valence-electron chi connectivity index (χ0n) is 17.7. The van der Waals surface area contributed by atoms with Gasteiger partial charge in [-0.15, -0.1) is 0 Å². The van der Waals surface area contributed by atoms with Crippen LogP contribution in [-0.4, -0.2) is 33.1 Å². The van der Waals surface area contributed by atoms with Gasteiger partial charge in [-0.1, -0.05) is 47.0 Å². The standard InChI is InChI=1S/C18H21N5O.2C2H6/c1-24-14-9-7-12(8-10-14)15-16-17(20-11-19-16)23-18(22-15)21-13-5-3-2-4-6-13;2*1-2/h7-11,13H,2-6H2,1H3,(H2,19,20,21,22,23);2*1-2H3. The Labute approximate surface area is 168 Å². The minimum atomic E-state index is 0.457. The largest absolute Gasteiger partial charge is 0.497 e. The first-order chi connectivity index (χ1) is 13.8. The van der Waals surface area contributed by atoms with Gasteiger partial charge in [0.2, 0.25) is 5.95 Å². The summed E-state index contributed by atoms with van der Waals surface area (Å²) >= 11 is 0. The van der Waals surface area contributed by atoms with E-state index in [4.69, 9.17) is 9.72 Å². The van der Waals surface area contributed by atoms with Crippen molar-refractivity contribution in [3.63, 3.8) is 0 Å². The molecule has 1 aliphatic rings. The van der Waals surface area contributed by atoms with E-state index < -0.39 is 0 Å². The number of nitrogens with one attached hydrogen (secondary N) is 2. The zero-order chi connectivity index (χ0) is 20.4. The van der Waals surface area contributed by atoms with Crippen LogP contribution in [0.1, 0.15) is 59.8 Å². The van der Waals surface area contributed by atoms with Crippen molar-refractivity contribution in [2.75, 3.05) is 12.4 Å². The van der Waals surface area contributed by atoms with Gasteiger partial charge in [0, 0.05) is 11.6 Å². The quantitative estimate of drug-likeness (QED) is 0.593. The van der Waals surface area contributed by atoms with Gasteiger partial charge >= 0.3 is 0 Å². The highest BCUT2D eigenvalue weighted by atomic mass is 16.5. The van der Waals surface area contributed by atoms with E-state index in [0.29, 0.717) is 17.6 Å². The van der Waals surface area contributed by atoms with Crippen molar-refractivity contribution in [3.05, 3.63) is 30.6 Å². The maximum Gasteiger partial charge on any atom is 0.225 e. The number of methoxy groups -OCH3 is 1. The third kappa shape index (κ3) is 5.21. The summed E-state index contributed by atoms with van der Waals surface area (Å²) in [7, 11) is 1.67. The Kier molecular flexibility index (Phi) is 8.72. The number of hydrogen-bond acceptors (Lipinski definition) is 5. The van der Waals surface area contributed by atoms with E-state index in [-0.39, 0.29) is 0 Å². The number of ether oxygens (including phenoxy) is 1. The Hall–Kier alpha value is -2.63. The maximum absolute atomic E-state index is 5.24. The van der Waals surface area contributed by atoms with Gasteiger partial charge in [0.25, 0.3) is 0 Å². The molecule has 0 bridgehead atoms. The van der Waals surface area contributed by atoms with Crippen molar-refractivity contribution < 1.29 is 4.74 Å². The molecule has 0 unspecified atom stereocenters. The summed E-state index contributed by atoms with van der Waals surface area (Å²) in [6.07, 6.45) is 7.90. The highest BCUT2D eigenvalue weighted by Gasteiger charge is 2.17. The summed E-state index contributed by atoms with van der Waals surface area (Å²) in [5, 5.41) is 3.49. The van der Waals surface area contributed by atoms with Crippen LogP contribution >= 0.6 is 0 Å². The topological polar surface area (TPSA) is 75.7 Å². The smallest absolute Gasteiger partial charge is 0.225 e. The Balaban J connectivity index is 0.000000660. The molecule has 2 aromatic heterocycles. The number of aromatic nitrogens is 4.